The van der Waals surface area contributed by atoms with Crippen LogP contribution in [0.25, 0.3) is 11.1 Å². The minimum absolute atomic E-state index is 0.298. The normalized spacial score (nSPS) is 10.5. The van der Waals surface area contributed by atoms with E-state index in [4.69, 9.17) is 0 Å². The van der Waals surface area contributed by atoms with Crippen LogP contribution in [0, 0.1) is 6.92 Å². The summed E-state index contributed by atoms with van der Waals surface area (Å²) in [6.07, 6.45) is 0. The molecule has 0 bridgehead atoms. The molecular formula is C19H16OS. The third kappa shape index (κ3) is 3.11. The standard InChI is InChI=1S/C19H16OS/c1-14-6-2-3-7-17(14)18-8-4-5-9-19(18)21-16-12-10-15(20)11-13-16/h2-13,20H,1H3. The smallest absolute Gasteiger partial charge is 0.115 e. The molecule has 0 fully saturated rings. The number of aromatic hydroxyl groups is 1. The zero-order chi connectivity index (χ0) is 14.7. The average molecular weight is 292 g/mol. The molecule has 0 atom stereocenters. The molecule has 3 aromatic carbocycles. The zero-order valence-corrected chi connectivity index (χ0v) is 12.6. The van der Waals surface area contributed by atoms with Gasteiger partial charge in [-0.15, -0.1) is 0 Å². The van der Waals surface area contributed by atoms with Gasteiger partial charge in [-0.1, -0.05) is 54.2 Å². The van der Waals surface area contributed by atoms with E-state index < -0.39 is 0 Å². The van der Waals surface area contributed by atoms with Crippen molar-refractivity contribution in [2.75, 3.05) is 0 Å². The molecule has 0 heterocycles. The van der Waals surface area contributed by atoms with Crippen molar-refractivity contribution in [1.29, 1.82) is 0 Å². The highest BCUT2D eigenvalue weighted by Gasteiger charge is 2.08. The monoisotopic (exact) mass is 292 g/mol. The summed E-state index contributed by atoms with van der Waals surface area (Å²) in [7, 11) is 0. The van der Waals surface area contributed by atoms with Crippen molar-refractivity contribution in [3.63, 3.8) is 0 Å². The number of aryl methyl sites for hydroxylation is 1. The van der Waals surface area contributed by atoms with Crippen molar-refractivity contribution >= 4 is 11.8 Å². The lowest BCUT2D eigenvalue weighted by molar-refractivity contribution is 0.475. The van der Waals surface area contributed by atoms with Crippen LogP contribution in [0.2, 0.25) is 0 Å². The van der Waals surface area contributed by atoms with Crippen LogP contribution < -0.4 is 0 Å². The van der Waals surface area contributed by atoms with Crippen molar-refractivity contribution < 1.29 is 5.11 Å². The van der Waals surface area contributed by atoms with E-state index in [0.29, 0.717) is 5.75 Å². The van der Waals surface area contributed by atoms with Crippen LogP contribution >= 0.6 is 11.8 Å². The van der Waals surface area contributed by atoms with E-state index in [1.807, 2.05) is 12.1 Å². The maximum atomic E-state index is 9.38. The lowest BCUT2D eigenvalue weighted by Crippen LogP contribution is -1.85. The third-order valence-corrected chi connectivity index (χ3v) is 4.47. The molecular weight excluding hydrogens is 276 g/mol. The second kappa shape index (κ2) is 6.06. The Morgan fingerprint density at radius 2 is 1.33 bits per heavy atom. The number of hydrogen-bond donors (Lipinski definition) is 1. The van der Waals surface area contributed by atoms with Crippen LogP contribution in [0.5, 0.6) is 5.75 Å². The topological polar surface area (TPSA) is 20.2 Å². The SMILES string of the molecule is Cc1ccccc1-c1ccccc1Sc1ccc(O)cc1. The summed E-state index contributed by atoms with van der Waals surface area (Å²) in [6, 6.07) is 24.2. The van der Waals surface area contributed by atoms with E-state index in [0.717, 1.165) is 4.90 Å². The van der Waals surface area contributed by atoms with Crippen LogP contribution in [-0.2, 0) is 0 Å². The number of rotatable bonds is 3. The summed E-state index contributed by atoms with van der Waals surface area (Å²) >= 11 is 1.72. The maximum Gasteiger partial charge on any atom is 0.115 e. The van der Waals surface area contributed by atoms with E-state index in [2.05, 4.69) is 55.5 Å². The van der Waals surface area contributed by atoms with Crippen molar-refractivity contribution in [3.05, 3.63) is 78.4 Å². The second-order valence-corrected chi connectivity index (χ2v) is 6.02. The fraction of sp³-hybridized carbons (Fsp3) is 0.0526. The van der Waals surface area contributed by atoms with Crippen LogP contribution in [0.1, 0.15) is 5.56 Å². The van der Waals surface area contributed by atoms with E-state index in [1.165, 1.54) is 21.6 Å². The van der Waals surface area contributed by atoms with Gasteiger partial charge in [-0.25, -0.2) is 0 Å². The average Bonchev–Trinajstić information content (AvgIpc) is 2.51. The van der Waals surface area contributed by atoms with Gasteiger partial charge in [0.2, 0.25) is 0 Å². The number of hydrogen-bond acceptors (Lipinski definition) is 2. The Bertz CT molecular complexity index is 748. The van der Waals surface area contributed by atoms with Crippen LogP contribution in [0.3, 0.4) is 0 Å². The van der Waals surface area contributed by atoms with Gasteiger partial charge in [0.25, 0.3) is 0 Å². The van der Waals surface area contributed by atoms with E-state index in [1.54, 1.807) is 23.9 Å². The highest BCUT2D eigenvalue weighted by Crippen LogP contribution is 2.37. The second-order valence-electron chi connectivity index (χ2n) is 4.91. The van der Waals surface area contributed by atoms with E-state index >= 15 is 0 Å². The first-order valence-electron chi connectivity index (χ1n) is 6.86. The number of benzene rings is 3. The quantitative estimate of drug-likeness (QED) is 0.686. The molecule has 0 saturated carbocycles. The predicted octanol–water partition coefficient (Wildman–Crippen LogP) is 5.52. The molecule has 0 unspecified atom stereocenters. The van der Waals surface area contributed by atoms with Crippen molar-refractivity contribution in [2.45, 2.75) is 16.7 Å². The van der Waals surface area contributed by atoms with Crippen molar-refractivity contribution in [3.8, 4) is 16.9 Å². The van der Waals surface area contributed by atoms with E-state index in [9.17, 15) is 5.11 Å². The van der Waals surface area contributed by atoms with Crippen LogP contribution in [-0.4, -0.2) is 5.11 Å². The molecule has 0 amide bonds. The fourth-order valence-corrected chi connectivity index (χ4v) is 3.26. The Hall–Kier alpha value is -2.19. The first-order valence-corrected chi connectivity index (χ1v) is 7.67. The molecule has 0 spiro atoms. The minimum atomic E-state index is 0.298. The Labute approximate surface area is 129 Å². The van der Waals surface area contributed by atoms with Gasteiger partial charge < -0.3 is 5.11 Å². The first kappa shape index (κ1) is 13.8. The summed E-state index contributed by atoms with van der Waals surface area (Å²) in [5.41, 5.74) is 3.78. The molecule has 0 aliphatic heterocycles. The van der Waals surface area contributed by atoms with Crippen LogP contribution in [0.4, 0.5) is 0 Å². The number of phenolic OH excluding ortho intramolecular Hbond substituents is 1. The third-order valence-electron chi connectivity index (χ3n) is 3.39. The molecule has 3 rings (SSSR count). The lowest BCUT2D eigenvalue weighted by atomic mass is 10.0. The summed E-state index contributed by atoms with van der Waals surface area (Å²) in [5, 5.41) is 9.38. The lowest BCUT2D eigenvalue weighted by Gasteiger charge is -2.11. The summed E-state index contributed by atoms with van der Waals surface area (Å²) in [4.78, 5) is 2.34. The molecule has 0 aliphatic carbocycles. The molecule has 1 nitrogen and oxygen atoms in total. The van der Waals surface area contributed by atoms with Gasteiger partial charge in [-0.3, -0.25) is 0 Å². The molecule has 2 heteroatoms. The van der Waals surface area contributed by atoms with E-state index in [-0.39, 0.29) is 0 Å². The minimum Gasteiger partial charge on any atom is -0.508 e. The van der Waals surface area contributed by atoms with Gasteiger partial charge in [0.1, 0.15) is 5.75 Å². The molecule has 0 radical (unpaired) electrons. The molecule has 3 aromatic rings. The van der Waals surface area contributed by atoms with Gasteiger partial charge in [-0.2, -0.15) is 0 Å². The van der Waals surface area contributed by atoms with Crippen molar-refractivity contribution in [2.24, 2.45) is 0 Å². The Morgan fingerprint density at radius 1 is 0.714 bits per heavy atom. The Morgan fingerprint density at radius 3 is 2.05 bits per heavy atom. The Balaban J connectivity index is 2.00. The zero-order valence-electron chi connectivity index (χ0n) is 11.8. The summed E-state index contributed by atoms with van der Waals surface area (Å²) < 4.78 is 0. The highest BCUT2D eigenvalue weighted by molar-refractivity contribution is 7.99. The van der Waals surface area contributed by atoms with Gasteiger partial charge in [0.15, 0.2) is 0 Å². The van der Waals surface area contributed by atoms with Gasteiger partial charge in [-0.05, 0) is 53.9 Å². The largest absolute Gasteiger partial charge is 0.508 e. The first-order chi connectivity index (χ1) is 10.2. The van der Waals surface area contributed by atoms with Gasteiger partial charge in [0.05, 0.1) is 0 Å². The summed E-state index contributed by atoms with van der Waals surface area (Å²) in [6.45, 7) is 2.14. The fourth-order valence-electron chi connectivity index (χ4n) is 2.29. The molecule has 1 N–H and O–H groups in total. The van der Waals surface area contributed by atoms with Crippen LogP contribution in [0.15, 0.2) is 82.6 Å². The maximum absolute atomic E-state index is 9.38. The molecule has 0 saturated heterocycles. The number of phenols is 1. The molecule has 104 valence electrons. The molecule has 0 aliphatic rings. The predicted molar refractivity (Wildman–Crippen MR) is 88.8 cm³/mol. The Kier molecular flexibility index (Phi) is 3.98. The van der Waals surface area contributed by atoms with Gasteiger partial charge >= 0.3 is 0 Å². The van der Waals surface area contributed by atoms with Gasteiger partial charge in [0, 0.05) is 9.79 Å². The van der Waals surface area contributed by atoms with Crippen molar-refractivity contribution in [1.82, 2.24) is 0 Å². The molecule has 0 aromatic heterocycles. The summed E-state index contributed by atoms with van der Waals surface area (Å²) in [5.74, 6) is 0.298. The molecule has 21 heavy (non-hydrogen) atoms. The highest BCUT2D eigenvalue weighted by atomic mass is 32.2.